The van der Waals surface area contributed by atoms with Crippen molar-refractivity contribution < 1.29 is 23.0 Å². The summed E-state index contributed by atoms with van der Waals surface area (Å²) in [6.07, 6.45) is 2.27. The first kappa shape index (κ1) is 15.4. The molecule has 1 aliphatic rings. The first-order valence-electron chi connectivity index (χ1n) is 7.14. The van der Waals surface area contributed by atoms with E-state index in [4.69, 9.17) is 9.47 Å². The third kappa shape index (κ3) is 2.43. The minimum absolute atomic E-state index is 0.0301. The Labute approximate surface area is 129 Å². The summed E-state index contributed by atoms with van der Waals surface area (Å²) in [6.45, 7) is 1.67. The van der Waals surface area contributed by atoms with Crippen LogP contribution in [0, 0.1) is 11.6 Å². The number of carbonyl (C=O) groups excluding carboxylic acids is 1. The minimum Gasteiger partial charge on any atom is -0.491 e. The fraction of sp³-hybridized carbons (Fsp3) is 0.400. The summed E-state index contributed by atoms with van der Waals surface area (Å²) in [6, 6.07) is 0. The van der Waals surface area contributed by atoms with E-state index in [1.165, 1.54) is 7.11 Å². The molecule has 122 valence electrons. The van der Waals surface area contributed by atoms with E-state index in [0.717, 1.165) is 17.2 Å². The van der Waals surface area contributed by atoms with E-state index in [2.05, 4.69) is 4.98 Å². The van der Waals surface area contributed by atoms with Gasteiger partial charge in [-0.3, -0.25) is 9.20 Å². The predicted molar refractivity (Wildman–Crippen MR) is 75.9 cm³/mol. The molecule has 3 rings (SSSR count). The lowest BCUT2D eigenvalue weighted by Crippen LogP contribution is -2.27. The summed E-state index contributed by atoms with van der Waals surface area (Å²) in [7, 11) is 1.18. The first-order valence-corrected chi connectivity index (χ1v) is 7.14. The number of hydrogen-bond donors (Lipinski definition) is 0. The summed E-state index contributed by atoms with van der Waals surface area (Å²) in [5, 5.41) is 0. The number of fused-ring (bicyclic) bond motifs is 1. The van der Waals surface area contributed by atoms with Gasteiger partial charge in [-0.2, -0.15) is 4.39 Å². The molecule has 8 heteroatoms. The SMILES string of the molecule is CCOC(=O)c1nc(C2CC2)c2c(OC)c(F)c(F)cn2c1=O. The van der Waals surface area contributed by atoms with Crippen molar-refractivity contribution in [3.63, 3.8) is 0 Å². The average Bonchev–Trinajstić information content (AvgIpc) is 3.35. The van der Waals surface area contributed by atoms with Gasteiger partial charge in [0.15, 0.2) is 11.6 Å². The molecule has 2 heterocycles. The highest BCUT2D eigenvalue weighted by Gasteiger charge is 2.33. The van der Waals surface area contributed by atoms with E-state index in [9.17, 15) is 18.4 Å². The molecule has 0 spiro atoms. The summed E-state index contributed by atoms with van der Waals surface area (Å²) >= 11 is 0. The molecule has 1 aliphatic carbocycles. The van der Waals surface area contributed by atoms with Crippen LogP contribution >= 0.6 is 0 Å². The van der Waals surface area contributed by atoms with Crippen LogP contribution in [0.1, 0.15) is 41.9 Å². The number of aromatic nitrogens is 2. The molecule has 0 saturated heterocycles. The van der Waals surface area contributed by atoms with Gasteiger partial charge in [-0.15, -0.1) is 0 Å². The number of pyridine rings is 1. The van der Waals surface area contributed by atoms with Gasteiger partial charge in [0.25, 0.3) is 5.56 Å². The zero-order valence-electron chi connectivity index (χ0n) is 12.6. The summed E-state index contributed by atoms with van der Waals surface area (Å²) < 4.78 is 38.3. The Morgan fingerprint density at radius 3 is 2.70 bits per heavy atom. The number of methoxy groups -OCH3 is 1. The van der Waals surface area contributed by atoms with Crippen LogP contribution in [0.25, 0.3) is 5.52 Å². The van der Waals surface area contributed by atoms with Crippen molar-refractivity contribution >= 4 is 11.5 Å². The molecule has 0 radical (unpaired) electrons. The molecule has 0 unspecified atom stereocenters. The van der Waals surface area contributed by atoms with Gasteiger partial charge in [0.1, 0.15) is 5.52 Å². The number of hydrogen-bond acceptors (Lipinski definition) is 5. The van der Waals surface area contributed by atoms with Gasteiger partial charge in [0.2, 0.25) is 11.5 Å². The van der Waals surface area contributed by atoms with Crippen LogP contribution in [0.4, 0.5) is 8.78 Å². The fourth-order valence-electron chi connectivity index (χ4n) is 2.45. The fourth-order valence-corrected chi connectivity index (χ4v) is 2.45. The zero-order chi connectivity index (χ0) is 16.7. The highest BCUT2D eigenvalue weighted by atomic mass is 19.2. The third-order valence-electron chi connectivity index (χ3n) is 3.64. The Hall–Kier alpha value is -2.51. The molecule has 0 amide bonds. The van der Waals surface area contributed by atoms with E-state index in [0.29, 0.717) is 11.9 Å². The molecule has 0 N–H and O–H groups in total. The number of nitrogens with zero attached hydrogens (tertiary/aromatic N) is 2. The van der Waals surface area contributed by atoms with E-state index >= 15 is 0 Å². The molecule has 0 aromatic carbocycles. The summed E-state index contributed by atoms with van der Waals surface area (Å²) in [4.78, 5) is 28.4. The van der Waals surface area contributed by atoms with Gasteiger partial charge in [-0.1, -0.05) is 0 Å². The Balaban J connectivity index is 2.40. The molecular weight excluding hydrogens is 310 g/mol. The van der Waals surface area contributed by atoms with Crippen molar-refractivity contribution in [3.05, 3.63) is 39.6 Å². The molecule has 1 fully saturated rings. The molecule has 0 atom stereocenters. The monoisotopic (exact) mass is 324 g/mol. The van der Waals surface area contributed by atoms with Crippen LogP contribution in [0.3, 0.4) is 0 Å². The lowest BCUT2D eigenvalue weighted by atomic mass is 10.2. The molecule has 23 heavy (non-hydrogen) atoms. The lowest BCUT2D eigenvalue weighted by Gasteiger charge is -2.13. The van der Waals surface area contributed by atoms with Crippen LogP contribution < -0.4 is 10.3 Å². The van der Waals surface area contributed by atoms with Crippen molar-refractivity contribution in [1.82, 2.24) is 9.38 Å². The Kier molecular flexibility index (Phi) is 3.75. The topological polar surface area (TPSA) is 69.9 Å². The van der Waals surface area contributed by atoms with Gasteiger partial charge in [-0.25, -0.2) is 14.2 Å². The average molecular weight is 324 g/mol. The number of rotatable bonds is 4. The standard InChI is InChI=1S/C15H14F2N2O4/c1-3-23-15(21)11-14(20)19-6-8(16)9(17)13(22-2)12(19)10(18-11)7-4-5-7/h6-7H,3-5H2,1-2H3. The molecule has 0 aliphatic heterocycles. The third-order valence-corrected chi connectivity index (χ3v) is 3.64. The molecule has 1 saturated carbocycles. The number of esters is 1. The normalized spacial score (nSPS) is 14.1. The zero-order valence-corrected chi connectivity index (χ0v) is 12.6. The van der Waals surface area contributed by atoms with Gasteiger partial charge in [-0.05, 0) is 19.8 Å². The van der Waals surface area contributed by atoms with Crippen LogP contribution in [0.5, 0.6) is 5.75 Å². The maximum absolute atomic E-state index is 14.0. The molecular formula is C15H14F2N2O4. The highest BCUT2D eigenvalue weighted by Crippen LogP contribution is 2.43. The number of ether oxygens (including phenoxy) is 2. The molecule has 2 aromatic rings. The molecule has 6 nitrogen and oxygen atoms in total. The van der Waals surface area contributed by atoms with E-state index < -0.39 is 34.6 Å². The van der Waals surface area contributed by atoms with Crippen LogP contribution in [-0.4, -0.2) is 29.1 Å². The van der Waals surface area contributed by atoms with Crippen molar-refractivity contribution in [2.45, 2.75) is 25.7 Å². The van der Waals surface area contributed by atoms with Crippen LogP contribution in [0.2, 0.25) is 0 Å². The Morgan fingerprint density at radius 2 is 2.13 bits per heavy atom. The molecule has 0 bridgehead atoms. The van der Waals surface area contributed by atoms with E-state index in [1.807, 2.05) is 0 Å². The van der Waals surface area contributed by atoms with Crippen LogP contribution in [0.15, 0.2) is 11.0 Å². The van der Waals surface area contributed by atoms with Gasteiger partial charge >= 0.3 is 5.97 Å². The smallest absolute Gasteiger partial charge is 0.362 e. The quantitative estimate of drug-likeness (QED) is 0.805. The summed E-state index contributed by atoms with van der Waals surface area (Å²) in [5.41, 5.74) is -0.935. The van der Waals surface area contributed by atoms with E-state index in [-0.39, 0.29) is 18.0 Å². The Morgan fingerprint density at radius 1 is 1.43 bits per heavy atom. The number of carbonyl (C=O) groups is 1. The van der Waals surface area contributed by atoms with Gasteiger partial charge in [0.05, 0.1) is 25.6 Å². The molecule has 2 aromatic heterocycles. The maximum Gasteiger partial charge on any atom is 0.362 e. The summed E-state index contributed by atoms with van der Waals surface area (Å²) in [5.74, 6) is -3.76. The van der Waals surface area contributed by atoms with Crippen molar-refractivity contribution in [1.29, 1.82) is 0 Å². The van der Waals surface area contributed by atoms with Crippen LogP contribution in [-0.2, 0) is 4.74 Å². The van der Waals surface area contributed by atoms with Crippen molar-refractivity contribution in [2.24, 2.45) is 0 Å². The lowest BCUT2D eigenvalue weighted by molar-refractivity contribution is 0.0516. The predicted octanol–water partition coefficient (Wildman–Crippen LogP) is 2.04. The number of halogens is 2. The second kappa shape index (κ2) is 5.60. The minimum atomic E-state index is -1.25. The van der Waals surface area contributed by atoms with Crippen molar-refractivity contribution in [3.8, 4) is 5.75 Å². The first-order chi connectivity index (χ1) is 11.0. The van der Waals surface area contributed by atoms with Gasteiger partial charge < -0.3 is 9.47 Å². The second-order valence-corrected chi connectivity index (χ2v) is 5.19. The largest absolute Gasteiger partial charge is 0.491 e. The maximum atomic E-state index is 14.0. The van der Waals surface area contributed by atoms with E-state index in [1.54, 1.807) is 6.92 Å². The Bertz CT molecular complexity index is 859. The highest BCUT2D eigenvalue weighted by molar-refractivity contribution is 5.87. The van der Waals surface area contributed by atoms with Crippen molar-refractivity contribution in [2.75, 3.05) is 13.7 Å². The van der Waals surface area contributed by atoms with Gasteiger partial charge in [0, 0.05) is 5.92 Å². The second-order valence-electron chi connectivity index (χ2n) is 5.19.